The molecule has 12 heavy (non-hydrogen) atoms. The molecule has 2 heteroatoms. The fourth-order valence-electron chi connectivity index (χ4n) is 1.41. The third-order valence-electron chi connectivity index (χ3n) is 2.50. The van der Waals surface area contributed by atoms with Crippen molar-refractivity contribution in [3.8, 4) is 0 Å². The van der Waals surface area contributed by atoms with Crippen LogP contribution >= 0.6 is 0 Å². The molecule has 0 bridgehead atoms. The van der Waals surface area contributed by atoms with E-state index in [4.69, 9.17) is 5.73 Å². The highest BCUT2D eigenvalue weighted by Crippen LogP contribution is 2.44. The monoisotopic (exact) mass is 163 g/mol. The van der Waals surface area contributed by atoms with Crippen LogP contribution in [0.2, 0.25) is 0 Å². The summed E-state index contributed by atoms with van der Waals surface area (Å²) in [5, 5.41) is 9.73. The molecule has 1 aromatic rings. The fraction of sp³-hybridized carbons (Fsp3) is 0.400. The van der Waals surface area contributed by atoms with E-state index < -0.39 is 5.60 Å². The maximum atomic E-state index is 9.73. The molecule has 0 radical (unpaired) electrons. The molecule has 1 aromatic carbocycles. The van der Waals surface area contributed by atoms with Crippen molar-refractivity contribution in [1.82, 2.24) is 0 Å². The number of hydrogen-bond acceptors (Lipinski definition) is 2. The lowest BCUT2D eigenvalue weighted by Crippen LogP contribution is -2.27. The van der Waals surface area contributed by atoms with E-state index in [9.17, 15) is 5.11 Å². The Morgan fingerprint density at radius 1 is 1.25 bits per heavy atom. The molecule has 0 aliphatic heterocycles. The molecule has 1 aliphatic carbocycles. The van der Waals surface area contributed by atoms with Gasteiger partial charge in [-0.3, -0.25) is 0 Å². The highest BCUT2D eigenvalue weighted by atomic mass is 16.3. The summed E-state index contributed by atoms with van der Waals surface area (Å²) in [5.74, 6) is 0. The molecular formula is C10H13NO. The minimum absolute atomic E-state index is 0.210. The molecule has 1 saturated carbocycles. The molecule has 0 spiro atoms. The van der Waals surface area contributed by atoms with Gasteiger partial charge in [-0.1, -0.05) is 30.3 Å². The van der Waals surface area contributed by atoms with E-state index in [2.05, 4.69) is 0 Å². The molecule has 1 aliphatic rings. The molecule has 0 aromatic heterocycles. The molecule has 64 valence electrons. The molecule has 0 unspecified atom stereocenters. The summed E-state index contributed by atoms with van der Waals surface area (Å²) < 4.78 is 0. The predicted molar refractivity (Wildman–Crippen MR) is 47.6 cm³/mol. The summed E-state index contributed by atoms with van der Waals surface area (Å²) in [7, 11) is 0. The Morgan fingerprint density at radius 2 is 1.83 bits per heavy atom. The average Bonchev–Trinajstić information content (AvgIpc) is 2.85. The smallest absolute Gasteiger partial charge is 0.0841 e. The second kappa shape index (κ2) is 2.57. The summed E-state index contributed by atoms with van der Waals surface area (Å²) in [6.07, 6.45) is 1.67. The van der Waals surface area contributed by atoms with Crippen molar-refractivity contribution in [1.29, 1.82) is 0 Å². The first-order chi connectivity index (χ1) is 5.72. The first-order valence-electron chi connectivity index (χ1n) is 4.25. The van der Waals surface area contributed by atoms with Gasteiger partial charge in [0, 0.05) is 0 Å². The van der Waals surface area contributed by atoms with E-state index in [1.54, 1.807) is 0 Å². The number of aliphatic hydroxyl groups is 1. The number of nitrogens with two attached hydrogens (primary N) is 1. The highest BCUT2D eigenvalue weighted by Gasteiger charge is 2.46. The first kappa shape index (κ1) is 7.77. The standard InChI is InChI=1S/C10H13NO/c11-9(10(12)6-7-10)8-4-2-1-3-5-8/h1-5,9,12H,6-7,11H2/t9-/m0/s1. The zero-order valence-corrected chi connectivity index (χ0v) is 6.90. The second-order valence-electron chi connectivity index (χ2n) is 3.49. The van der Waals surface area contributed by atoms with Crippen LogP contribution in [0.1, 0.15) is 24.4 Å². The Bertz CT molecular complexity index is 266. The van der Waals surface area contributed by atoms with Crippen molar-refractivity contribution < 1.29 is 5.11 Å². The van der Waals surface area contributed by atoms with Gasteiger partial charge in [0.15, 0.2) is 0 Å². The highest BCUT2D eigenvalue weighted by molar-refractivity contribution is 5.24. The Labute approximate surface area is 72.0 Å². The van der Waals surface area contributed by atoms with Crippen molar-refractivity contribution >= 4 is 0 Å². The Hall–Kier alpha value is -0.860. The van der Waals surface area contributed by atoms with Gasteiger partial charge in [0.05, 0.1) is 11.6 Å². The third-order valence-corrected chi connectivity index (χ3v) is 2.50. The zero-order chi connectivity index (χ0) is 8.60. The van der Waals surface area contributed by atoms with Crippen molar-refractivity contribution in [2.24, 2.45) is 5.73 Å². The summed E-state index contributed by atoms with van der Waals surface area (Å²) in [6, 6.07) is 9.55. The van der Waals surface area contributed by atoms with Crippen LogP contribution in [0.3, 0.4) is 0 Å². The van der Waals surface area contributed by atoms with Crippen molar-refractivity contribution in [2.45, 2.75) is 24.5 Å². The van der Waals surface area contributed by atoms with Gasteiger partial charge in [0.2, 0.25) is 0 Å². The predicted octanol–water partition coefficient (Wildman–Crippen LogP) is 1.21. The van der Waals surface area contributed by atoms with Crippen LogP contribution in [0.15, 0.2) is 30.3 Å². The molecular weight excluding hydrogens is 150 g/mol. The van der Waals surface area contributed by atoms with Crippen LogP contribution in [0.25, 0.3) is 0 Å². The first-order valence-corrected chi connectivity index (χ1v) is 4.25. The average molecular weight is 163 g/mol. The SMILES string of the molecule is N[C@@H](c1ccccc1)C1(O)CC1. The van der Waals surface area contributed by atoms with Crippen LogP contribution in [0.5, 0.6) is 0 Å². The number of hydrogen-bond donors (Lipinski definition) is 2. The molecule has 1 atom stereocenters. The van der Waals surface area contributed by atoms with Crippen molar-refractivity contribution in [3.05, 3.63) is 35.9 Å². The van der Waals surface area contributed by atoms with E-state index in [1.165, 1.54) is 0 Å². The summed E-state index contributed by atoms with van der Waals surface area (Å²) >= 11 is 0. The van der Waals surface area contributed by atoms with Crippen LogP contribution in [-0.2, 0) is 0 Å². The van der Waals surface area contributed by atoms with Crippen LogP contribution in [0.4, 0.5) is 0 Å². The molecule has 2 nitrogen and oxygen atoms in total. The number of benzene rings is 1. The van der Waals surface area contributed by atoms with Crippen LogP contribution in [-0.4, -0.2) is 10.7 Å². The Kier molecular flexibility index (Phi) is 1.67. The van der Waals surface area contributed by atoms with E-state index in [0.717, 1.165) is 18.4 Å². The van der Waals surface area contributed by atoms with Gasteiger partial charge in [-0.15, -0.1) is 0 Å². The number of rotatable bonds is 2. The summed E-state index contributed by atoms with van der Waals surface area (Å²) in [5.41, 5.74) is 6.30. The normalized spacial score (nSPS) is 21.8. The largest absolute Gasteiger partial charge is 0.388 e. The van der Waals surface area contributed by atoms with Crippen molar-refractivity contribution in [3.63, 3.8) is 0 Å². The van der Waals surface area contributed by atoms with Crippen molar-refractivity contribution in [2.75, 3.05) is 0 Å². The van der Waals surface area contributed by atoms with Crippen LogP contribution in [0, 0.1) is 0 Å². The van der Waals surface area contributed by atoms with Gasteiger partial charge in [-0.2, -0.15) is 0 Å². The lowest BCUT2D eigenvalue weighted by atomic mass is 10.0. The third kappa shape index (κ3) is 1.24. The minimum Gasteiger partial charge on any atom is -0.388 e. The van der Waals surface area contributed by atoms with Gasteiger partial charge in [-0.05, 0) is 18.4 Å². The molecule has 3 N–H and O–H groups in total. The second-order valence-corrected chi connectivity index (χ2v) is 3.49. The fourth-order valence-corrected chi connectivity index (χ4v) is 1.41. The molecule has 0 saturated heterocycles. The molecule has 1 fully saturated rings. The van der Waals surface area contributed by atoms with E-state index in [0.29, 0.717) is 0 Å². The lowest BCUT2D eigenvalue weighted by Gasteiger charge is -2.17. The lowest BCUT2D eigenvalue weighted by molar-refractivity contribution is 0.120. The van der Waals surface area contributed by atoms with Gasteiger partial charge < -0.3 is 10.8 Å². The summed E-state index contributed by atoms with van der Waals surface area (Å²) in [4.78, 5) is 0. The quantitative estimate of drug-likeness (QED) is 0.688. The maximum Gasteiger partial charge on any atom is 0.0841 e. The van der Waals surface area contributed by atoms with Gasteiger partial charge in [0.1, 0.15) is 0 Å². The topological polar surface area (TPSA) is 46.2 Å². The van der Waals surface area contributed by atoms with Gasteiger partial charge >= 0.3 is 0 Å². The van der Waals surface area contributed by atoms with Crippen LogP contribution < -0.4 is 5.73 Å². The maximum absolute atomic E-state index is 9.73. The molecule has 0 amide bonds. The van der Waals surface area contributed by atoms with E-state index >= 15 is 0 Å². The summed E-state index contributed by atoms with van der Waals surface area (Å²) in [6.45, 7) is 0. The molecule has 2 rings (SSSR count). The molecule has 0 heterocycles. The van der Waals surface area contributed by atoms with Gasteiger partial charge in [0.25, 0.3) is 0 Å². The van der Waals surface area contributed by atoms with E-state index in [1.807, 2.05) is 30.3 Å². The van der Waals surface area contributed by atoms with E-state index in [-0.39, 0.29) is 6.04 Å². The minimum atomic E-state index is -0.610. The van der Waals surface area contributed by atoms with Gasteiger partial charge in [-0.25, -0.2) is 0 Å². The zero-order valence-electron chi connectivity index (χ0n) is 6.90. The Morgan fingerprint density at radius 3 is 2.33 bits per heavy atom. The Balaban J connectivity index is 2.20.